The Morgan fingerprint density at radius 2 is 2.08 bits per heavy atom. The maximum Gasteiger partial charge on any atom is 0.240 e. The van der Waals surface area contributed by atoms with Gasteiger partial charge in [0.05, 0.1) is 12.6 Å². The van der Waals surface area contributed by atoms with Crippen molar-refractivity contribution in [2.24, 2.45) is 5.41 Å². The Balaban J connectivity index is 0.00000144. The lowest BCUT2D eigenvalue weighted by Gasteiger charge is -2.33. The van der Waals surface area contributed by atoms with Crippen LogP contribution >= 0.6 is 36.2 Å². The van der Waals surface area contributed by atoms with Gasteiger partial charge in [-0.15, -0.1) is 36.2 Å². The van der Waals surface area contributed by atoms with E-state index in [1.807, 2.05) is 11.9 Å². The summed E-state index contributed by atoms with van der Waals surface area (Å²) in [6, 6.07) is 2.19. The number of carbonyl (C=O) groups is 1. The number of nitrogens with zero attached hydrogens (tertiary/aromatic N) is 2. The fourth-order valence-electron chi connectivity index (χ4n) is 3.98. The van der Waals surface area contributed by atoms with Crippen molar-refractivity contribution >= 4 is 42.1 Å². The molecule has 0 aromatic carbocycles. The van der Waals surface area contributed by atoms with Gasteiger partial charge in [-0.05, 0) is 68.7 Å². The minimum absolute atomic E-state index is 0. The van der Waals surface area contributed by atoms with Gasteiger partial charge < -0.3 is 10.2 Å². The van der Waals surface area contributed by atoms with Crippen molar-refractivity contribution in [3.8, 4) is 0 Å². The van der Waals surface area contributed by atoms with Crippen molar-refractivity contribution in [1.82, 2.24) is 15.1 Å². The fraction of sp³-hybridized carbons (Fsp3) is 0.706. The van der Waals surface area contributed by atoms with Crippen LogP contribution in [-0.4, -0.2) is 55.5 Å². The third-order valence-corrected chi connectivity index (χ3v) is 6.43. The lowest BCUT2D eigenvalue weighted by Crippen LogP contribution is -2.42. The van der Waals surface area contributed by atoms with Crippen molar-refractivity contribution < 1.29 is 4.79 Å². The van der Waals surface area contributed by atoms with E-state index in [0.717, 1.165) is 32.6 Å². The minimum Gasteiger partial charge on any atom is -0.339 e. The monoisotopic (exact) mass is 393 g/mol. The number of aryl methyl sites for hydroxylation is 1. The molecule has 7 heteroatoms. The largest absolute Gasteiger partial charge is 0.339 e. The number of likely N-dealkylation sites (N-methyl/N-ethyl adjacent to an activating group) is 2. The molecule has 2 fully saturated rings. The minimum atomic E-state index is 0. The lowest BCUT2D eigenvalue weighted by molar-refractivity contribution is -0.134. The highest BCUT2D eigenvalue weighted by Crippen LogP contribution is 2.41. The van der Waals surface area contributed by atoms with Crippen molar-refractivity contribution in [3.05, 3.63) is 21.9 Å². The molecule has 0 radical (unpaired) electrons. The molecule has 0 saturated carbocycles. The van der Waals surface area contributed by atoms with Crippen molar-refractivity contribution in [3.63, 3.8) is 0 Å². The van der Waals surface area contributed by atoms with Gasteiger partial charge in [-0.3, -0.25) is 9.69 Å². The van der Waals surface area contributed by atoms with Crippen LogP contribution in [0.5, 0.6) is 0 Å². The summed E-state index contributed by atoms with van der Waals surface area (Å²) < 4.78 is 0. The second kappa shape index (κ2) is 8.86. The molecular weight excluding hydrogens is 365 g/mol. The molecule has 2 saturated heterocycles. The van der Waals surface area contributed by atoms with Crippen LogP contribution in [0.1, 0.15) is 29.7 Å². The fourth-order valence-corrected chi connectivity index (χ4v) is 4.94. The van der Waals surface area contributed by atoms with Crippen LogP contribution in [0.2, 0.25) is 0 Å². The van der Waals surface area contributed by atoms with Crippen LogP contribution in [0, 0.1) is 12.3 Å². The zero-order valence-electron chi connectivity index (χ0n) is 14.7. The highest BCUT2D eigenvalue weighted by Gasteiger charge is 2.46. The molecule has 3 rings (SSSR count). The van der Waals surface area contributed by atoms with Crippen LogP contribution in [0.3, 0.4) is 0 Å². The molecule has 138 valence electrons. The first-order valence-electron chi connectivity index (χ1n) is 8.20. The van der Waals surface area contributed by atoms with E-state index >= 15 is 0 Å². The van der Waals surface area contributed by atoms with Crippen molar-refractivity contribution in [1.29, 1.82) is 0 Å². The van der Waals surface area contributed by atoms with Gasteiger partial charge in [-0.25, -0.2) is 0 Å². The molecular formula is C17H29Cl2N3OS. The van der Waals surface area contributed by atoms with E-state index < -0.39 is 0 Å². The number of thiophene rings is 1. The number of amides is 1. The maximum absolute atomic E-state index is 12.9. The molecule has 0 aliphatic carbocycles. The average Bonchev–Trinajstić information content (AvgIpc) is 3.03. The van der Waals surface area contributed by atoms with Crippen LogP contribution in [0.4, 0.5) is 0 Å². The van der Waals surface area contributed by atoms with Gasteiger partial charge in [0.15, 0.2) is 0 Å². The van der Waals surface area contributed by atoms with E-state index in [0.29, 0.717) is 5.41 Å². The van der Waals surface area contributed by atoms with Crippen LogP contribution < -0.4 is 5.32 Å². The predicted molar refractivity (Wildman–Crippen MR) is 106 cm³/mol. The van der Waals surface area contributed by atoms with Crippen molar-refractivity contribution in [2.45, 2.75) is 38.8 Å². The molecule has 1 amide bonds. The molecule has 2 aliphatic rings. The summed E-state index contributed by atoms with van der Waals surface area (Å²) in [4.78, 5) is 18.4. The Morgan fingerprint density at radius 1 is 1.42 bits per heavy atom. The third-order valence-electron chi connectivity index (χ3n) is 5.42. The molecule has 2 aliphatic heterocycles. The average molecular weight is 394 g/mol. The van der Waals surface area contributed by atoms with Crippen LogP contribution in [0.15, 0.2) is 11.4 Å². The van der Waals surface area contributed by atoms with Gasteiger partial charge in [0.25, 0.3) is 0 Å². The third kappa shape index (κ3) is 4.44. The summed E-state index contributed by atoms with van der Waals surface area (Å²) in [6.07, 6.45) is 3.43. The zero-order valence-corrected chi connectivity index (χ0v) is 17.2. The first-order chi connectivity index (χ1) is 10.5. The van der Waals surface area contributed by atoms with Crippen LogP contribution in [0.25, 0.3) is 0 Å². The number of carbonyl (C=O) groups excluding carboxylic acids is 1. The maximum atomic E-state index is 12.9. The summed E-state index contributed by atoms with van der Waals surface area (Å²) in [7, 11) is 4.06. The Kier molecular flexibility index (Phi) is 8.01. The van der Waals surface area contributed by atoms with E-state index in [-0.39, 0.29) is 36.8 Å². The molecule has 3 heterocycles. The van der Waals surface area contributed by atoms with Crippen LogP contribution in [-0.2, 0) is 11.3 Å². The van der Waals surface area contributed by atoms with E-state index in [1.54, 1.807) is 11.3 Å². The second-order valence-corrected chi connectivity index (χ2v) is 8.11. The molecule has 1 unspecified atom stereocenters. The first-order valence-corrected chi connectivity index (χ1v) is 9.08. The summed E-state index contributed by atoms with van der Waals surface area (Å²) in [6.45, 7) is 6.12. The Bertz CT molecular complexity index is 546. The van der Waals surface area contributed by atoms with Crippen molar-refractivity contribution in [2.75, 3.05) is 33.7 Å². The molecule has 1 aromatic heterocycles. The summed E-state index contributed by atoms with van der Waals surface area (Å²) >= 11 is 1.74. The number of likely N-dealkylation sites (tertiary alicyclic amines) is 1. The predicted octanol–water partition coefficient (Wildman–Crippen LogP) is 2.93. The summed E-state index contributed by atoms with van der Waals surface area (Å²) in [5.41, 5.74) is 1.65. The SMILES string of the molecule is Cc1ccsc1CN(C)C(=O)C1CC2(CCNCC2)CN1C.Cl.Cl. The topological polar surface area (TPSA) is 35.6 Å². The van der Waals surface area contributed by atoms with E-state index in [2.05, 4.69) is 35.6 Å². The normalized spacial score (nSPS) is 22.7. The number of piperidine rings is 1. The first kappa shape index (κ1) is 21.7. The summed E-state index contributed by atoms with van der Waals surface area (Å²) in [5, 5.41) is 5.55. The highest BCUT2D eigenvalue weighted by molar-refractivity contribution is 7.10. The van der Waals surface area contributed by atoms with E-state index in [9.17, 15) is 4.79 Å². The Morgan fingerprint density at radius 3 is 2.67 bits per heavy atom. The second-order valence-electron chi connectivity index (χ2n) is 7.11. The Hall–Kier alpha value is -0.330. The number of halogens is 2. The smallest absolute Gasteiger partial charge is 0.240 e. The van der Waals surface area contributed by atoms with Gasteiger partial charge in [0.1, 0.15) is 0 Å². The number of hydrogen-bond donors (Lipinski definition) is 1. The molecule has 4 nitrogen and oxygen atoms in total. The molecule has 0 bridgehead atoms. The quantitative estimate of drug-likeness (QED) is 0.856. The molecule has 1 atom stereocenters. The standard InChI is InChI=1S/C17H27N3OS.2ClH/c1-13-4-9-22-15(13)11-19(2)16(21)14-10-17(12-20(14)3)5-7-18-8-6-17;;/h4,9,14,18H,5-8,10-12H2,1-3H3;2*1H. The van der Waals surface area contributed by atoms with E-state index in [4.69, 9.17) is 0 Å². The highest BCUT2D eigenvalue weighted by atomic mass is 35.5. The van der Waals surface area contributed by atoms with Gasteiger partial charge >= 0.3 is 0 Å². The number of nitrogens with one attached hydrogen (secondary N) is 1. The van der Waals surface area contributed by atoms with Gasteiger partial charge in [-0.1, -0.05) is 0 Å². The number of rotatable bonds is 3. The Labute approximate surface area is 161 Å². The molecule has 1 aromatic rings. The molecule has 1 N–H and O–H groups in total. The zero-order chi connectivity index (χ0) is 15.7. The number of hydrogen-bond acceptors (Lipinski definition) is 4. The molecule has 1 spiro atoms. The summed E-state index contributed by atoms with van der Waals surface area (Å²) in [5.74, 6) is 0.283. The molecule has 24 heavy (non-hydrogen) atoms. The van der Waals surface area contributed by atoms with Gasteiger partial charge in [0.2, 0.25) is 5.91 Å². The van der Waals surface area contributed by atoms with E-state index in [1.165, 1.54) is 23.3 Å². The van der Waals surface area contributed by atoms with Gasteiger partial charge in [0, 0.05) is 18.5 Å². The van der Waals surface area contributed by atoms with Gasteiger partial charge in [-0.2, -0.15) is 0 Å². The lowest BCUT2D eigenvalue weighted by atomic mass is 9.77.